The number of ether oxygens (including phenoxy) is 2. The van der Waals surface area contributed by atoms with Crippen LogP contribution in [0.4, 0.5) is 0 Å². The topological polar surface area (TPSA) is 55.1 Å². The first kappa shape index (κ1) is 10.2. The van der Waals surface area contributed by atoms with Crippen molar-refractivity contribution in [2.75, 3.05) is 14.2 Å². The highest BCUT2D eigenvalue weighted by molar-refractivity contribution is 5.96. The molecular weight excluding hydrogens is 204 g/mol. The summed E-state index contributed by atoms with van der Waals surface area (Å²) >= 11 is 0. The van der Waals surface area contributed by atoms with Gasteiger partial charge in [-0.25, -0.2) is 0 Å². The van der Waals surface area contributed by atoms with Crippen molar-refractivity contribution in [1.29, 1.82) is 5.26 Å². The maximum absolute atomic E-state index is 9.03. The summed E-state index contributed by atoms with van der Waals surface area (Å²) in [5, 5.41) is 10.5. The predicted molar refractivity (Wildman–Crippen MR) is 59.6 cm³/mol. The van der Waals surface area contributed by atoms with E-state index in [0.29, 0.717) is 17.1 Å². The highest BCUT2D eigenvalue weighted by Gasteiger charge is 2.11. The second-order valence-electron chi connectivity index (χ2n) is 3.19. The molecule has 0 radical (unpaired) electrons. The van der Waals surface area contributed by atoms with E-state index in [-0.39, 0.29) is 0 Å². The van der Waals surface area contributed by atoms with Gasteiger partial charge in [-0.2, -0.15) is 5.26 Å². The minimum absolute atomic E-state index is 0.480. The van der Waals surface area contributed by atoms with E-state index in [1.54, 1.807) is 32.5 Å². The monoisotopic (exact) mass is 214 g/mol. The van der Waals surface area contributed by atoms with Crippen LogP contribution in [0, 0.1) is 11.3 Å². The SMILES string of the molecule is COc1ccc(OC)c2c(C#N)cncc12. The van der Waals surface area contributed by atoms with Crippen LogP contribution >= 0.6 is 0 Å². The normalized spacial score (nSPS) is 9.81. The van der Waals surface area contributed by atoms with Gasteiger partial charge in [0.2, 0.25) is 0 Å². The fraction of sp³-hybridized carbons (Fsp3) is 0.167. The first-order chi connectivity index (χ1) is 7.81. The van der Waals surface area contributed by atoms with Gasteiger partial charge < -0.3 is 9.47 Å². The lowest BCUT2D eigenvalue weighted by Crippen LogP contribution is -1.92. The van der Waals surface area contributed by atoms with Crippen LogP contribution in [0.15, 0.2) is 24.5 Å². The summed E-state index contributed by atoms with van der Waals surface area (Å²) in [6, 6.07) is 5.67. The average molecular weight is 214 g/mol. The molecule has 0 atom stereocenters. The summed E-state index contributed by atoms with van der Waals surface area (Å²) in [5.74, 6) is 1.33. The maximum Gasteiger partial charge on any atom is 0.128 e. The van der Waals surface area contributed by atoms with E-state index in [9.17, 15) is 0 Å². The maximum atomic E-state index is 9.03. The number of benzene rings is 1. The summed E-state index contributed by atoms with van der Waals surface area (Å²) in [5.41, 5.74) is 0.480. The summed E-state index contributed by atoms with van der Waals surface area (Å²) in [6.07, 6.45) is 3.18. The summed E-state index contributed by atoms with van der Waals surface area (Å²) in [7, 11) is 3.16. The zero-order valence-corrected chi connectivity index (χ0v) is 9.02. The van der Waals surface area contributed by atoms with E-state index in [0.717, 1.165) is 10.8 Å². The molecule has 0 N–H and O–H groups in total. The molecular formula is C12H10N2O2. The Hall–Kier alpha value is -2.28. The van der Waals surface area contributed by atoms with Crippen molar-refractivity contribution < 1.29 is 9.47 Å². The molecule has 2 aromatic rings. The second-order valence-corrected chi connectivity index (χ2v) is 3.19. The minimum Gasteiger partial charge on any atom is -0.496 e. The van der Waals surface area contributed by atoms with Crippen molar-refractivity contribution in [3.63, 3.8) is 0 Å². The third-order valence-corrected chi connectivity index (χ3v) is 2.40. The Labute approximate surface area is 93.0 Å². The highest BCUT2D eigenvalue weighted by Crippen LogP contribution is 2.34. The number of nitriles is 1. The van der Waals surface area contributed by atoms with Gasteiger partial charge in [-0.1, -0.05) is 0 Å². The second kappa shape index (κ2) is 4.07. The van der Waals surface area contributed by atoms with Gasteiger partial charge in [0.1, 0.15) is 17.6 Å². The first-order valence-electron chi connectivity index (χ1n) is 4.70. The molecule has 0 unspecified atom stereocenters. The molecule has 0 saturated heterocycles. The van der Waals surface area contributed by atoms with Crippen molar-refractivity contribution in [2.24, 2.45) is 0 Å². The molecule has 0 bridgehead atoms. The summed E-state index contributed by atoms with van der Waals surface area (Å²) in [4.78, 5) is 4.01. The van der Waals surface area contributed by atoms with Gasteiger partial charge in [-0.3, -0.25) is 4.98 Å². The molecule has 0 aliphatic rings. The summed E-state index contributed by atoms with van der Waals surface area (Å²) in [6.45, 7) is 0. The van der Waals surface area contributed by atoms with Crippen molar-refractivity contribution in [2.45, 2.75) is 0 Å². The van der Waals surface area contributed by atoms with E-state index in [4.69, 9.17) is 14.7 Å². The molecule has 0 aliphatic heterocycles. The molecule has 0 aliphatic carbocycles. The Kier molecular flexibility index (Phi) is 2.61. The Bertz CT molecular complexity index is 573. The number of aromatic nitrogens is 1. The smallest absolute Gasteiger partial charge is 0.128 e. The molecule has 4 nitrogen and oxygen atoms in total. The van der Waals surface area contributed by atoms with E-state index >= 15 is 0 Å². The highest BCUT2D eigenvalue weighted by atomic mass is 16.5. The van der Waals surface area contributed by atoms with Crippen LogP contribution in [0.1, 0.15) is 5.56 Å². The van der Waals surface area contributed by atoms with E-state index in [1.165, 1.54) is 6.20 Å². The Morgan fingerprint density at radius 3 is 2.44 bits per heavy atom. The van der Waals surface area contributed by atoms with Gasteiger partial charge in [0.15, 0.2) is 0 Å². The van der Waals surface area contributed by atoms with Gasteiger partial charge in [0.05, 0.1) is 19.8 Å². The van der Waals surface area contributed by atoms with Crippen LogP contribution in [-0.2, 0) is 0 Å². The number of rotatable bonds is 2. The number of hydrogen-bond donors (Lipinski definition) is 0. The van der Waals surface area contributed by atoms with Gasteiger partial charge in [0, 0.05) is 23.2 Å². The van der Waals surface area contributed by atoms with Gasteiger partial charge in [-0.15, -0.1) is 0 Å². The van der Waals surface area contributed by atoms with Crippen LogP contribution in [0.2, 0.25) is 0 Å². The Balaban J connectivity index is 2.91. The molecule has 2 rings (SSSR count). The van der Waals surface area contributed by atoms with Crippen molar-refractivity contribution in [1.82, 2.24) is 4.98 Å². The predicted octanol–water partition coefficient (Wildman–Crippen LogP) is 2.12. The lowest BCUT2D eigenvalue weighted by molar-refractivity contribution is 0.410. The van der Waals surface area contributed by atoms with Gasteiger partial charge >= 0.3 is 0 Å². The molecule has 16 heavy (non-hydrogen) atoms. The Morgan fingerprint density at radius 2 is 1.81 bits per heavy atom. The van der Waals surface area contributed by atoms with Gasteiger partial charge in [0.25, 0.3) is 0 Å². The fourth-order valence-corrected chi connectivity index (χ4v) is 1.67. The average Bonchev–Trinajstić information content (AvgIpc) is 2.36. The van der Waals surface area contributed by atoms with Crippen LogP contribution in [0.3, 0.4) is 0 Å². The van der Waals surface area contributed by atoms with Crippen LogP contribution in [-0.4, -0.2) is 19.2 Å². The van der Waals surface area contributed by atoms with Crippen LogP contribution in [0.25, 0.3) is 10.8 Å². The molecule has 0 fully saturated rings. The van der Waals surface area contributed by atoms with Crippen molar-refractivity contribution in [3.05, 3.63) is 30.1 Å². The molecule has 0 spiro atoms. The molecule has 1 heterocycles. The lowest BCUT2D eigenvalue weighted by Gasteiger charge is -2.09. The molecule has 80 valence electrons. The number of methoxy groups -OCH3 is 2. The Morgan fingerprint density at radius 1 is 1.12 bits per heavy atom. The minimum atomic E-state index is 0.480. The van der Waals surface area contributed by atoms with Crippen LogP contribution in [0.5, 0.6) is 11.5 Å². The third-order valence-electron chi connectivity index (χ3n) is 2.40. The molecule has 1 aromatic carbocycles. The largest absolute Gasteiger partial charge is 0.496 e. The zero-order chi connectivity index (χ0) is 11.5. The van der Waals surface area contributed by atoms with Crippen molar-refractivity contribution in [3.8, 4) is 17.6 Å². The summed E-state index contributed by atoms with van der Waals surface area (Å²) < 4.78 is 10.5. The van der Waals surface area contributed by atoms with E-state index < -0.39 is 0 Å². The third kappa shape index (κ3) is 1.43. The quantitative estimate of drug-likeness (QED) is 0.768. The molecule has 0 saturated carbocycles. The lowest BCUT2D eigenvalue weighted by atomic mass is 10.1. The zero-order valence-electron chi connectivity index (χ0n) is 9.02. The van der Waals surface area contributed by atoms with E-state index in [1.807, 2.05) is 0 Å². The number of nitrogens with zero attached hydrogens (tertiary/aromatic N) is 2. The first-order valence-corrected chi connectivity index (χ1v) is 4.70. The van der Waals surface area contributed by atoms with Gasteiger partial charge in [-0.05, 0) is 12.1 Å². The standard InChI is InChI=1S/C12H10N2O2/c1-15-10-3-4-11(16-2)12-8(5-13)6-14-7-9(10)12/h3-4,6-7H,1-2H3. The number of hydrogen-bond acceptors (Lipinski definition) is 4. The van der Waals surface area contributed by atoms with E-state index in [2.05, 4.69) is 11.1 Å². The number of pyridine rings is 1. The van der Waals surface area contributed by atoms with Crippen LogP contribution < -0.4 is 9.47 Å². The van der Waals surface area contributed by atoms with Crippen molar-refractivity contribution >= 4 is 10.8 Å². The number of fused-ring (bicyclic) bond motifs is 1. The molecule has 1 aromatic heterocycles. The molecule has 0 amide bonds. The fourth-order valence-electron chi connectivity index (χ4n) is 1.67. The molecule has 4 heteroatoms.